The Morgan fingerprint density at radius 2 is 2.00 bits per heavy atom. The zero-order valence-electron chi connectivity index (χ0n) is 15.4. The highest BCUT2D eigenvalue weighted by Gasteiger charge is 2.34. The minimum Gasteiger partial charge on any atom is -0.355 e. The van der Waals surface area contributed by atoms with Gasteiger partial charge in [0, 0.05) is 65.4 Å². The fourth-order valence-electron chi connectivity index (χ4n) is 4.76. The first-order valence-electron chi connectivity index (χ1n) is 9.55. The van der Waals surface area contributed by atoms with Gasteiger partial charge in [0.1, 0.15) is 0 Å². The first-order chi connectivity index (χ1) is 11.1. The molecule has 1 N–H and O–H groups in total. The molecule has 4 heterocycles. The SMILES string of the molecule is CCCC1(C)CCCN(C(=NC)NCC2CN3CCN2CC3)C1. The summed E-state index contributed by atoms with van der Waals surface area (Å²) in [6.07, 6.45) is 5.26. The predicted octanol–water partition coefficient (Wildman–Crippen LogP) is 1.46. The monoisotopic (exact) mass is 321 g/mol. The van der Waals surface area contributed by atoms with Crippen molar-refractivity contribution in [1.29, 1.82) is 0 Å². The molecule has 0 amide bonds. The second-order valence-corrected chi connectivity index (χ2v) is 8.00. The molecule has 0 aromatic carbocycles. The van der Waals surface area contributed by atoms with Crippen LogP contribution >= 0.6 is 0 Å². The van der Waals surface area contributed by atoms with E-state index in [-0.39, 0.29) is 0 Å². The number of nitrogens with zero attached hydrogens (tertiary/aromatic N) is 4. The molecule has 4 aliphatic heterocycles. The van der Waals surface area contributed by atoms with Gasteiger partial charge in [-0.05, 0) is 24.7 Å². The van der Waals surface area contributed by atoms with Gasteiger partial charge < -0.3 is 10.2 Å². The lowest BCUT2D eigenvalue weighted by Crippen LogP contribution is -2.64. The lowest BCUT2D eigenvalue weighted by molar-refractivity contribution is 0.0150. The lowest BCUT2D eigenvalue weighted by Gasteiger charge is -2.48. The third kappa shape index (κ3) is 4.00. The Hall–Kier alpha value is -0.810. The predicted molar refractivity (Wildman–Crippen MR) is 97.0 cm³/mol. The zero-order chi connectivity index (χ0) is 16.3. The Labute approximate surface area is 142 Å². The molecule has 2 atom stereocenters. The molecule has 2 unspecified atom stereocenters. The molecule has 0 radical (unpaired) electrons. The third-order valence-corrected chi connectivity index (χ3v) is 6.03. The van der Waals surface area contributed by atoms with Crippen LogP contribution in [0.3, 0.4) is 0 Å². The summed E-state index contributed by atoms with van der Waals surface area (Å²) < 4.78 is 0. The topological polar surface area (TPSA) is 34.1 Å². The van der Waals surface area contributed by atoms with E-state index in [2.05, 4.69) is 38.9 Å². The van der Waals surface area contributed by atoms with Gasteiger partial charge >= 0.3 is 0 Å². The zero-order valence-corrected chi connectivity index (χ0v) is 15.4. The summed E-state index contributed by atoms with van der Waals surface area (Å²) in [5.41, 5.74) is 0.462. The smallest absolute Gasteiger partial charge is 0.193 e. The van der Waals surface area contributed by atoms with Crippen LogP contribution in [-0.2, 0) is 0 Å². The van der Waals surface area contributed by atoms with Gasteiger partial charge in [-0.2, -0.15) is 0 Å². The average molecular weight is 322 g/mol. The molecule has 0 aliphatic carbocycles. The van der Waals surface area contributed by atoms with Crippen molar-refractivity contribution in [3.8, 4) is 0 Å². The first-order valence-corrected chi connectivity index (χ1v) is 9.55. The second-order valence-electron chi connectivity index (χ2n) is 8.00. The average Bonchev–Trinajstić information content (AvgIpc) is 2.56. The number of fused-ring (bicyclic) bond motifs is 3. The quantitative estimate of drug-likeness (QED) is 0.628. The van der Waals surface area contributed by atoms with E-state index in [0.29, 0.717) is 11.5 Å². The van der Waals surface area contributed by atoms with Crippen molar-refractivity contribution in [1.82, 2.24) is 20.0 Å². The summed E-state index contributed by atoms with van der Waals surface area (Å²) in [4.78, 5) is 12.3. The highest BCUT2D eigenvalue weighted by Crippen LogP contribution is 2.33. The molecule has 4 aliphatic rings. The van der Waals surface area contributed by atoms with E-state index < -0.39 is 0 Å². The number of piperazine rings is 3. The maximum Gasteiger partial charge on any atom is 0.193 e. The summed E-state index contributed by atoms with van der Waals surface area (Å²) >= 11 is 0. The fourth-order valence-corrected chi connectivity index (χ4v) is 4.76. The van der Waals surface area contributed by atoms with Gasteiger partial charge in [-0.1, -0.05) is 20.3 Å². The van der Waals surface area contributed by atoms with Crippen LogP contribution < -0.4 is 5.32 Å². The lowest BCUT2D eigenvalue weighted by atomic mass is 9.78. The van der Waals surface area contributed by atoms with E-state index in [4.69, 9.17) is 0 Å². The van der Waals surface area contributed by atoms with Crippen LogP contribution in [0.15, 0.2) is 4.99 Å². The van der Waals surface area contributed by atoms with Gasteiger partial charge in [-0.3, -0.25) is 14.8 Å². The largest absolute Gasteiger partial charge is 0.355 e. The van der Waals surface area contributed by atoms with Crippen molar-refractivity contribution in [2.45, 2.75) is 45.6 Å². The van der Waals surface area contributed by atoms with Gasteiger partial charge in [0.05, 0.1) is 0 Å². The number of guanidine groups is 1. The molecular weight excluding hydrogens is 286 g/mol. The molecule has 0 spiro atoms. The summed E-state index contributed by atoms with van der Waals surface area (Å²) in [7, 11) is 1.94. The minimum atomic E-state index is 0.462. The van der Waals surface area contributed by atoms with E-state index in [1.165, 1.54) is 58.4 Å². The summed E-state index contributed by atoms with van der Waals surface area (Å²) in [6, 6.07) is 0.654. The second kappa shape index (κ2) is 7.39. The number of piperidine rings is 1. The number of likely N-dealkylation sites (tertiary alicyclic amines) is 1. The van der Waals surface area contributed by atoms with E-state index in [1.807, 2.05) is 7.05 Å². The summed E-state index contributed by atoms with van der Waals surface area (Å²) in [5, 5.41) is 3.68. The third-order valence-electron chi connectivity index (χ3n) is 6.03. The van der Waals surface area contributed by atoms with Crippen LogP contribution in [0.25, 0.3) is 0 Å². The Kier molecular flexibility index (Phi) is 5.47. The maximum atomic E-state index is 4.58. The Morgan fingerprint density at radius 1 is 1.22 bits per heavy atom. The highest BCUT2D eigenvalue weighted by atomic mass is 15.4. The van der Waals surface area contributed by atoms with Crippen molar-refractivity contribution >= 4 is 5.96 Å². The normalized spacial score (nSPS) is 38.0. The Bertz CT molecular complexity index is 412. The molecule has 4 rings (SSSR count). The minimum absolute atomic E-state index is 0.462. The van der Waals surface area contributed by atoms with E-state index >= 15 is 0 Å². The molecule has 0 aromatic heterocycles. The molecule has 4 fully saturated rings. The van der Waals surface area contributed by atoms with Crippen molar-refractivity contribution in [3.05, 3.63) is 0 Å². The van der Waals surface area contributed by atoms with Crippen molar-refractivity contribution in [2.75, 3.05) is 59.4 Å². The van der Waals surface area contributed by atoms with Gasteiger partial charge in [0.15, 0.2) is 5.96 Å². The summed E-state index contributed by atoms with van der Waals surface area (Å²) in [6.45, 7) is 14.3. The molecule has 2 bridgehead atoms. The summed E-state index contributed by atoms with van der Waals surface area (Å²) in [5.74, 6) is 1.12. The molecule has 5 heteroatoms. The number of aliphatic imine (C=N–C) groups is 1. The molecule has 0 aromatic rings. The standard InChI is InChI=1S/C18H35N5/c1-4-6-18(2)7-5-8-23(15-18)17(19-3)20-13-16-14-21-9-11-22(16)12-10-21/h16H,4-15H2,1-3H3,(H,19,20). The number of nitrogens with one attached hydrogen (secondary N) is 1. The number of hydrogen-bond acceptors (Lipinski definition) is 3. The van der Waals surface area contributed by atoms with Crippen LogP contribution in [-0.4, -0.2) is 86.1 Å². The number of rotatable bonds is 4. The van der Waals surface area contributed by atoms with E-state index in [9.17, 15) is 0 Å². The number of hydrogen-bond donors (Lipinski definition) is 1. The van der Waals surface area contributed by atoms with Crippen LogP contribution in [0, 0.1) is 5.41 Å². The maximum absolute atomic E-state index is 4.58. The van der Waals surface area contributed by atoms with E-state index in [1.54, 1.807) is 0 Å². The van der Waals surface area contributed by atoms with Crippen molar-refractivity contribution in [2.24, 2.45) is 10.4 Å². The van der Waals surface area contributed by atoms with Crippen molar-refractivity contribution in [3.63, 3.8) is 0 Å². The van der Waals surface area contributed by atoms with Gasteiger partial charge in [-0.15, -0.1) is 0 Å². The molecule has 0 saturated carbocycles. The molecule has 23 heavy (non-hydrogen) atoms. The van der Waals surface area contributed by atoms with E-state index in [0.717, 1.165) is 25.6 Å². The van der Waals surface area contributed by atoms with Gasteiger partial charge in [0.25, 0.3) is 0 Å². The van der Waals surface area contributed by atoms with Crippen LogP contribution in [0.4, 0.5) is 0 Å². The van der Waals surface area contributed by atoms with Crippen LogP contribution in [0.2, 0.25) is 0 Å². The van der Waals surface area contributed by atoms with Gasteiger partial charge in [-0.25, -0.2) is 0 Å². The highest BCUT2D eigenvalue weighted by molar-refractivity contribution is 5.80. The van der Waals surface area contributed by atoms with Gasteiger partial charge in [0.2, 0.25) is 0 Å². The van der Waals surface area contributed by atoms with Crippen LogP contribution in [0.5, 0.6) is 0 Å². The van der Waals surface area contributed by atoms with Crippen LogP contribution in [0.1, 0.15) is 39.5 Å². The Morgan fingerprint density at radius 3 is 2.61 bits per heavy atom. The van der Waals surface area contributed by atoms with Crippen molar-refractivity contribution < 1.29 is 0 Å². The Balaban J connectivity index is 1.53. The molecule has 4 saturated heterocycles. The first kappa shape index (κ1) is 17.0. The molecule has 132 valence electrons. The molecular formula is C18H35N5. The fraction of sp³-hybridized carbons (Fsp3) is 0.944. The molecule has 5 nitrogen and oxygen atoms in total.